The first-order valence-electron chi connectivity index (χ1n) is 23.2. The molecule has 6 unspecified atom stereocenters. The van der Waals surface area contributed by atoms with Gasteiger partial charge in [0.25, 0.3) is 0 Å². The van der Waals surface area contributed by atoms with Crippen LogP contribution in [0.5, 0.6) is 0 Å². The summed E-state index contributed by atoms with van der Waals surface area (Å²) >= 11 is 0. The number of allylic oxidation sites excluding steroid dienone is 1. The van der Waals surface area contributed by atoms with Gasteiger partial charge in [-0.25, -0.2) is 0 Å². The third-order valence-corrected chi connectivity index (χ3v) is 17.6. The maximum absolute atomic E-state index is 12.0. The van der Waals surface area contributed by atoms with Gasteiger partial charge in [-0.05, 0) is 106 Å². The van der Waals surface area contributed by atoms with Gasteiger partial charge in [0, 0.05) is 12.3 Å². The second-order valence-electron chi connectivity index (χ2n) is 21.1. The molecule has 16 heteroatoms. The summed E-state index contributed by atoms with van der Waals surface area (Å²) in [7, 11) is 0. The predicted octanol–water partition coefficient (Wildman–Crippen LogP) is 1.24. The maximum atomic E-state index is 12.0. The second kappa shape index (κ2) is 16.8. The molecule has 0 aromatic carbocycles. The van der Waals surface area contributed by atoms with E-state index in [0.717, 1.165) is 45.1 Å². The van der Waals surface area contributed by atoms with Gasteiger partial charge in [-0.1, -0.05) is 39.3 Å². The molecule has 9 rings (SSSR count). The van der Waals surface area contributed by atoms with Crippen LogP contribution in [0.25, 0.3) is 0 Å². The number of hydrogen-bond donors (Lipinski definition) is 8. The Hall–Kier alpha value is -0.900. The Balaban J connectivity index is 0.916. The van der Waals surface area contributed by atoms with Gasteiger partial charge in [0.05, 0.1) is 37.6 Å². The zero-order valence-corrected chi connectivity index (χ0v) is 36.5. The second-order valence-corrected chi connectivity index (χ2v) is 21.1. The molecule has 0 aromatic heterocycles. The first-order valence-corrected chi connectivity index (χ1v) is 23.2. The van der Waals surface area contributed by atoms with Crippen LogP contribution in [0.1, 0.15) is 99.3 Å². The molecule has 5 aliphatic heterocycles. The molecular weight excluding hydrogens is 796 g/mol. The van der Waals surface area contributed by atoms with Crippen LogP contribution < -0.4 is 0 Å². The molecule has 0 radical (unpaired) electrons. The van der Waals surface area contributed by atoms with Gasteiger partial charge in [-0.15, -0.1) is 0 Å². The lowest BCUT2D eigenvalue weighted by Gasteiger charge is -2.58. The molecule has 5 heterocycles. The summed E-state index contributed by atoms with van der Waals surface area (Å²) in [6.07, 6.45) is -10.4. The largest absolute Gasteiger partial charge is 0.394 e. The van der Waals surface area contributed by atoms with Gasteiger partial charge in [0.15, 0.2) is 24.7 Å². The van der Waals surface area contributed by atoms with E-state index in [-0.39, 0.29) is 23.0 Å². The Morgan fingerprint density at radius 2 is 1.34 bits per heavy atom. The Morgan fingerprint density at radius 1 is 0.689 bits per heavy atom. The normalized spacial score (nSPS) is 58.4. The fraction of sp³-hybridized carbons (Fsp3) is 0.956. The molecule has 61 heavy (non-hydrogen) atoms. The molecular formula is C45H72O16. The van der Waals surface area contributed by atoms with Crippen LogP contribution in [0.15, 0.2) is 11.6 Å². The van der Waals surface area contributed by atoms with Crippen LogP contribution in [0, 0.1) is 46.3 Å². The van der Waals surface area contributed by atoms with Gasteiger partial charge >= 0.3 is 0 Å². The first kappa shape index (κ1) is 45.3. The van der Waals surface area contributed by atoms with E-state index < -0.39 is 105 Å². The summed E-state index contributed by atoms with van der Waals surface area (Å²) in [6, 6.07) is 0. The van der Waals surface area contributed by atoms with Crippen molar-refractivity contribution in [1.29, 1.82) is 0 Å². The number of hydrogen-bond acceptors (Lipinski definition) is 16. The monoisotopic (exact) mass is 868 g/mol. The highest BCUT2D eigenvalue weighted by Crippen LogP contribution is 2.70. The van der Waals surface area contributed by atoms with E-state index in [4.69, 9.17) is 37.9 Å². The molecule has 1 spiro atoms. The van der Waals surface area contributed by atoms with E-state index in [0.29, 0.717) is 48.3 Å². The highest BCUT2D eigenvalue weighted by molar-refractivity contribution is 5.26. The third-order valence-electron chi connectivity index (χ3n) is 17.6. The van der Waals surface area contributed by atoms with E-state index >= 15 is 0 Å². The maximum Gasteiger partial charge on any atom is 0.187 e. The zero-order valence-electron chi connectivity index (χ0n) is 36.5. The van der Waals surface area contributed by atoms with Crippen molar-refractivity contribution in [2.45, 2.75) is 209 Å². The molecule has 9 aliphatic rings. The Labute approximate surface area is 358 Å². The molecule has 5 saturated heterocycles. The van der Waals surface area contributed by atoms with Crippen LogP contribution in [0.4, 0.5) is 0 Å². The molecule has 16 nitrogen and oxygen atoms in total. The van der Waals surface area contributed by atoms with Crippen molar-refractivity contribution in [3.05, 3.63) is 11.6 Å². The highest BCUT2D eigenvalue weighted by Gasteiger charge is 2.69. The van der Waals surface area contributed by atoms with Gasteiger partial charge in [-0.3, -0.25) is 0 Å². The molecule has 8 N–H and O–H groups in total. The summed E-state index contributed by atoms with van der Waals surface area (Å²) in [5, 5.41) is 85.9. The van der Waals surface area contributed by atoms with Crippen molar-refractivity contribution in [3.8, 4) is 0 Å². The summed E-state index contributed by atoms with van der Waals surface area (Å²) in [6.45, 7) is 12.7. The summed E-state index contributed by atoms with van der Waals surface area (Å²) in [5.41, 5.74) is 1.53. The highest BCUT2D eigenvalue weighted by atomic mass is 16.8. The Morgan fingerprint density at radius 3 is 1.97 bits per heavy atom. The van der Waals surface area contributed by atoms with Crippen molar-refractivity contribution < 1.29 is 78.7 Å². The summed E-state index contributed by atoms with van der Waals surface area (Å²) in [4.78, 5) is 0. The number of aliphatic hydroxyl groups excluding tert-OH is 8. The average molecular weight is 869 g/mol. The van der Waals surface area contributed by atoms with E-state index in [1.807, 2.05) is 0 Å². The van der Waals surface area contributed by atoms with E-state index in [1.54, 1.807) is 0 Å². The molecule has 8 fully saturated rings. The van der Waals surface area contributed by atoms with Gasteiger partial charge < -0.3 is 78.7 Å². The van der Waals surface area contributed by atoms with Crippen LogP contribution in [0.3, 0.4) is 0 Å². The Kier molecular flexibility index (Phi) is 12.4. The number of ether oxygens (including phenoxy) is 8. The average Bonchev–Trinajstić information content (AvgIpc) is 3.69. The SMILES string of the molecule is CC1C2C(CC3C4CC=C5C[C@@H](O[C@@H]6O[C@H](CO)[C@@H](O[C@@H]7O[C@@H](C)[C@H](O)[C@@H](O)[C@H]7O)[C@H](O)[C@H]6O[C@@H]6O[C@@H](C)[C@H](O)[C@@H](O)[C@H]6O)CC[C@]5(C)C4CC[C@@]32C)O[C@]12CC[C@@H](C)CO2. The van der Waals surface area contributed by atoms with Crippen molar-refractivity contribution in [2.75, 3.05) is 13.2 Å². The molecule has 348 valence electrons. The summed E-state index contributed by atoms with van der Waals surface area (Å²) < 4.78 is 50.1. The van der Waals surface area contributed by atoms with Crippen LogP contribution in [0.2, 0.25) is 0 Å². The fourth-order valence-electron chi connectivity index (χ4n) is 14.0. The molecule has 4 aliphatic carbocycles. The number of rotatable bonds is 7. The minimum Gasteiger partial charge on any atom is -0.394 e. The molecule has 3 saturated carbocycles. The van der Waals surface area contributed by atoms with Crippen molar-refractivity contribution in [2.24, 2.45) is 46.3 Å². The minimum atomic E-state index is -1.71. The lowest BCUT2D eigenvalue weighted by atomic mass is 9.47. The number of aliphatic hydroxyl groups is 8. The van der Waals surface area contributed by atoms with E-state index in [2.05, 4.69) is 33.8 Å². The molecule has 0 amide bonds. The topological polar surface area (TPSA) is 236 Å². The summed E-state index contributed by atoms with van der Waals surface area (Å²) in [5.74, 6) is 2.64. The van der Waals surface area contributed by atoms with Crippen LogP contribution >= 0.6 is 0 Å². The van der Waals surface area contributed by atoms with Gasteiger partial charge in [0.2, 0.25) is 0 Å². The van der Waals surface area contributed by atoms with E-state index in [9.17, 15) is 40.9 Å². The van der Waals surface area contributed by atoms with Crippen LogP contribution in [-0.2, 0) is 37.9 Å². The molecule has 26 atom stereocenters. The standard InChI is InChI=1S/C45H72O16/c1-19-9-14-45(54-18-19)20(2)30-28(61-45)16-27-25-8-7-23-15-24(10-12-43(23,5)26(25)11-13-44(27,30)6)57-42-39(60-41-36(52)34(50)32(48)22(4)56-41)37(53)38(29(17-46)58-42)59-40-35(51)33(49)31(47)21(3)55-40/h7,19-22,24-42,46-53H,8-18H2,1-6H3/t19-,20?,21+,22+,24+,25?,26?,27?,28?,29-,30?,31+,32+,33-,34-,35-,36-,37+,38-,39-,40+,41+,42-,43+,44+,45-/m1/s1. The van der Waals surface area contributed by atoms with Gasteiger partial charge in [-0.2, -0.15) is 0 Å². The number of fused-ring (bicyclic) bond motifs is 7. The fourth-order valence-corrected chi connectivity index (χ4v) is 14.0. The van der Waals surface area contributed by atoms with Crippen molar-refractivity contribution in [3.63, 3.8) is 0 Å². The smallest absolute Gasteiger partial charge is 0.187 e. The minimum absolute atomic E-state index is 0.0171. The molecule has 0 aromatic rings. The third kappa shape index (κ3) is 7.42. The lowest BCUT2D eigenvalue weighted by Crippen LogP contribution is -2.66. The Bertz CT molecular complexity index is 1590. The van der Waals surface area contributed by atoms with Gasteiger partial charge in [0.1, 0.15) is 61.0 Å². The first-order chi connectivity index (χ1) is 28.9. The zero-order chi connectivity index (χ0) is 43.5. The molecule has 0 bridgehead atoms. The lowest BCUT2D eigenvalue weighted by molar-refractivity contribution is -0.388. The van der Waals surface area contributed by atoms with E-state index in [1.165, 1.54) is 25.8 Å². The quantitative estimate of drug-likeness (QED) is 0.168. The van der Waals surface area contributed by atoms with Crippen LogP contribution in [-0.4, -0.2) is 164 Å². The van der Waals surface area contributed by atoms with Crippen molar-refractivity contribution in [1.82, 2.24) is 0 Å². The predicted molar refractivity (Wildman–Crippen MR) is 213 cm³/mol. The van der Waals surface area contributed by atoms with Crippen molar-refractivity contribution >= 4 is 0 Å².